The summed E-state index contributed by atoms with van der Waals surface area (Å²) in [7, 11) is -3.27. The minimum atomic E-state index is -3.27. The predicted molar refractivity (Wildman–Crippen MR) is 93.8 cm³/mol. The number of hydrogen-bond acceptors (Lipinski definition) is 4. The molecule has 0 heterocycles. The van der Waals surface area contributed by atoms with Gasteiger partial charge in [0.25, 0.3) is 5.91 Å². The zero-order chi connectivity index (χ0) is 17.6. The largest absolute Gasteiger partial charge is 0.484 e. The monoisotopic (exact) mass is 374 g/mol. The number of rotatable bonds is 8. The van der Waals surface area contributed by atoms with Gasteiger partial charge in [-0.1, -0.05) is 24.4 Å². The van der Waals surface area contributed by atoms with Crippen molar-refractivity contribution in [2.24, 2.45) is 0 Å². The van der Waals surface area contributed by atoms with Crippen LogP contribution < -0.4 is 10.1 Å². The summed E-state index contributed by atoms with van der Waals surface area (Å²) in [6.45, 7) is 0.437. The minimum Gasteiger partial charge on any atom is -0.484 e. The van der Waals surface area contributed by atoms with Crippen LogP contribution in [0.3, 0.4) is 0 Å². The van der Waals surface area contributed by atoms with E-state index in [1.54, 1.807) is 24.3 Å². The second-order valence-electron chi connectivity index (χ2n) is 5.90. The molecule has 8 heteroatoms. The lowest BCUT2D eigenvalue weighted by atomic mass is 10.2. The van der Waals surface area contributed by atoms with Crippen molar-refractivity contribution in [3.8, 4) is 5.75 Å². The van der Waals surface area contributed by atoms with Gasteiger partial charge in [-0.05, 0) is 37.1 Å². The SMILES string of the molecule is CS(=O)(=O)N(CCNC(=O)COc1ccc(Cl)cc1)C1CCCC1. The molecule has 24 heavy (non-hydrogen) atoms. The van der Waals surface area contributed by atoms with E-state index in [1.165, 1.54) is 10.6 Å². The average molecular weight is 375 g/mol. The van der Waals surface area contributed by atoms with Crippen molar-refractivity contribution in [3.05, 3.63) is 29.3 Å². The lowest BCUT2D eigenvalue weighted by Crippen LogP contribution is -2.43. The van der Waals surface area contributed by atoms with Gasteiger partial charge in [0.1, 0.15) is 5.75 Å². The summed E-state index contributed by atoms with van der Waals surface area (Å²) in [4.78, 5) is 11.8. The molecule has 0 atom stereocenters. The third-order valence-electron chi connectivity index (χ3n) is 4.00. The van der Waals surface area contributed by atoms with Crippen molar-refractivity contribution in [3.63, 3.8) is 0 Å². The topological polar surface area (TPSA) is 75.7 Å². The normalized spacial score (nSPS) is 15.6. The minimum absolute atomic E-state index is 0.0576. The van der Waals surface area contributed by atoms with Crippen LogP contribution in [0.4, 0.5) is 0 Å². The molecule has 134 valence electrons. The Morgan fingerprint density at radius 3 is 2.50 bits per heavy atom. The quantitative estimate of drug-likeness (QED) is 0.755. The van der Waals surface area contributed by atoms with Crippen LogP contribution in [0.5, 0.6) is 5.75 Å². The van der Waals surface area contributed by atoms with Crippen molar-refractivity contribution in [1.29, 1.82) is 0 Å². The smallest absolute Gasteiger partial charge is 0.257 e. The van der Waals surface area contributed by atoms with Crippen LogP contribution in [-0.4, -0.2) is 50.6 Å². The van der Waals surface area contributed by atoms with Crippen LogP contribution in [-0.2, 0) is 14.8 Å². The first-order chi connectivity index (χ1) is 11.4. The van der Waals surface area contributed by atoms with Gasteiger partial charge < -0.3 is 10.1 Å². The molecular formula is C16H23ClN2O4S. The molecule has 1 aliphatic carbocycles. The maximum Gasteiger partial charge on any atom is 0.257 e. The van der Waals surface area contributed by atoms with E-state index in [4.69, 9.17) is 16.3 Å². The van der Waals surface area contributed by atoms with Crippen LogP contribution >= 0.6 is 11.6 Å². The average Bonchev–Trinajstić information content (AvgIpc) is 3.03. The van der Waals surface area contributed by atoms with Crippen LogP contribution in [0.2, 0.25) is 5.02 Å². The molecule has 0 bridgehead atoms. The van der Waals surface area contributed by atoms with E-state index < -0.39 is 10.0 Å². The summed E-state index contributed by atoms with van der Waals surface area (Å²) in [6, 6.07) is 6.78. The fourth-order valence-electron chi connectivity index (χ4n) is 2.85. The van der Waals surface area contributed by atoms with E-state index >= 15 is 0 Å². The molecule has 0 unspecified atom stereocenters. The number of ether oxygens (including phenoxy) is 1. The Labute approximate surface area is 148 Å². The second kappa shape index (κ2) is 8.69. The van der Waals surface area contributed by atoms with E-state index in [9.17, 15) is 13.2 Å². The van der Waals surface area contributed by atoms with Gasteiger partial charge in [0, 0.05) is 24.2 Å². The first-order valence-corrected chi connectivity index (χ1v) is 10.2. The summed E-state index contributed by atoms with van der Waals surface area (Å²) >= 11 is 5.77. The van der Waals surface area contributed by atoms with Gasteiger partial charge in [-0.3, -0.25) is 4.79 Å². The Morgan fingerprint density at radius 1 is 1.29 bits per heavy atom. The number of nitrogens with one attached hydrogen (secondary N) is 1. The lowest BCUT2D eigenvalue weighted by Gasteiger charge is -2.26. The highest BCUT2D eigenvalue weighted by atomic mass is 35.5. The first kappa shape index (κ1) is 19.0. The number of halogens is 1. The Balaban J connectivity index is 1.75. The highest BCUT2D eigenvalue weighted by Gasteiger charge is 2.28. The second-order valence-corrected chi connectivity index (χ2v) is 8.28. The van der Waals surface area contributed by atoms with Gasteiger partial charge in [0.15, 0.2) is 6.61 Å². The molecule has 1 aromatic carbocycles. The summed E-state index contributed by atoms with van der Waals surface area (Å²) in [5.41, 5.74) is 0. The van der Waals surface area contributed by atoms with Crippen molar-refractivity contribution in [2.75, 3.05) is 26.0 Å². The molecule has 1 N–H and O–H groups in total. The number of hydrogen-bond donors (Lipinski definition) is 1. The van der Waals surface area contributed by atoms with Crippen molar-refractivity contribution in [1.82, 2.24) is 9.62 Å². The summed E-state index contributed by atoms with van der Waals surface area (Å²) in [5, 5.41) is 3.29. The number of benzene rings is 1. The van der Waals surface area contributed by atoms with E-state index in [-0.39, 0.29) is 31.6 Å². The number of nitrogens with zero attached hydrogens (tertiary/aromatic N) is 1. The molecule has 0 saturated heterocycles. The fraction of sp³-hybridized carbons (Fsp3) is 0.562. The molecule has 1 aliphatic rings. The predicted octanol–water partition coefficient (Wildman–Crippen LogP) is 2.04. The standard InChI is InChI=1S/C16H23ClN2O4S/c1-24(21,22)19(14-4-2-3-5-14)11-10-18-16(20)12-23-15-8-6-13(17)7-9-15/h6-9,14H,2-5,10-12H2,1H3,(H,18,20). The van der Waals surface area contributed by atoms with Gasteiger partial charge in [-0.2, -0.15) is 4.31 Å². The van der Waals surface area contributed by atoms with E-state index in [0.29, 0.717) is 10.8 Å². The number of carbonyl (C=O) groups excluding carboxylic acids is 1. The van der Waals surface area contributed by atoms with Gasteiger partial charge in [-0.15, -0.1) is 0 Å². The zero-order valence-electron chi connectivity index (χ0n) is 13.7. The first-order valence-electron chi connectivity index (χ1n) is 7.98. The van der Waals surface area contributed by atoms with Crippen molar-refractivity contribution >= 4 is 27.5 Å². The van der Waals surface area contributed by atoms with Crippen molar-refractivity contribution < 1.29 is 17.9 Å². The molecule has 1 fully saturated rings. The molecular weight excluding hydrogens is 352 g/mol. The molecule has 0 radical (unpaired) electrons. The Hall–Kier alpha value is -1.31. The van der Waals surface area contributed by atoms with Crippen LogP contribution in [0.1, 0.15) is 25.7 Å². The van der Waals surface area contributed by atoms with Gasteiger partial charge in [-0.25, -0.2) is 8.42 Å². The molecule has 0 aliphatic heterocycles. The van der Waals surface area contributed by atoms with E-state index in [2.05, 4.69) is 5.32 Å². The van der Waals surface area contributed by atoms with Gasteiger partial charge in [0.05, 0.1) is 6.26 Å². The van der Waals surface area contributed by atoms with Gasteiger partial charge >= 0.3 is 0 Å². The molecule has 1 amide bonds. The maximum atomic E-state index is 11.9. The highest BCUT2D eigenvalue weighted by molar-refractivity contribution is 7.88. The molecule has 0 spiro atoms. The lowest BCUT2D eigenvalue weighted by molar-refractivity contribution is -0.123. The van der Waals surface area contributed by atoms with E-state index in [1.807, 2.05) is 0 Å². The molecule has 1 saturated carbocycles. The molecule has 6 nitrogen and oxygen atoms in total. The molecule has 1 aromatic rings. The fourth-order valence-corrected chi connectivity index (χ4v) is 4.15. The molecule has 0 aromatic heterocycles. The molecule has 2 rings (SSSR count). The Kier molecular flexibility index (Phi) is 6.89. The summed E-state index contributed by atoms with van der Waals surface area (Å²) in [6.07, 6.45) is 5.11. The van der Waals surface area contributed by atoms with E-state index in [0.717, 1.165) is 25.7 Å². The summed E-state index contributed by atoms with van der Waals surface area (Å²) in [5.74, 6) is 0.267. The van der Waals surface area contributed by atoms with Crippen LogP contribution in [0.25, 0.3) is 0 Å². The number of sulfonamides is 1. The number of carbonyl (C=O) groups is 1. The number of amides is 1. The maximum absolute atomic E-state index is 11.9. The Bertz CT molecular complexity index is 643. The Morgan fingerprint density at radius 2 is 1.92 bits per heavy atom. The highest BCUT2D eigenvalue weighted by Crippen LogP contribution is 2.24. The van der Waals surface area contributed by atoms with Gasteiger partial charge in [0.2, 0.25) is 10.0 Å². The van der Waals surface area contributed by atoms with Crippen LogP contribution in [0.15, 0.2) is 24.3 Å². The van der Waals surface area contributed by atoms with Crippen LogP contribution in [0, 0.1) is 0 Å². The third-order valence-corrected chi connectivity index (χ3v) is 5.58. The zero-order valence-corrected chi connectivity index (χ0v) is 15.3. The summed E-state index contributed by atoms with van der Waals surface area (Å²) < 4.78 is 30.7. The van der Waals surface area contributed by atoms with Crippen molar-refractivity contribution in [2.45, 2.75) is 31.7 Å². The third kappa shape index (κ3) is 5.96.